The highest BCUT2D eigenvalue weighted by Crippen LogP contribution is 2.38. The number of nitrogens with zero attached hydrogens (tertiary/aromatic N) is 1. The van der Waals surface area contributed by atoms with Crippen LogP contribution in [0.25, 0.3) is 0 Å². The lowest BCUT2D eigenvalue weighted by Crippen LogP contribution is -2.31. The third-order valence-corrected chi connectivity index (χ3v) is 4.62. The standard InChI is InChI=1S/C16H21NO3/c1-20-10-11-2-4-12(5-3-11)16(19)17-8-13-6-7-15(18)14(13)9-17/h2-5,13-15,18H,6-10H2,1H3. The summed E-state index contributed by atoms with van der Waals surface area (Å²) < 4.78 is 5.07. The lowest BCUT2D eigenvalue weighted by Gasteiger charge is -2.18. The van der Waals surface area contributed by atoms with Gasteiger partial charge in [0.1, 0.15) is 0 Å². The van der Waals surface area contributed by atoms with E-state index in [-0.39, 0.29) is 17.9 Å². The first-order chi connectivity index (χ1) is 9.69. The highest BCUT2D eigenvalue weighted by atomic mass is 16.5. The zero-order valence-corrected chi connectivity index (χ0v) is 11.8. The van der Waals surface area contributed by atoms with E-state index in [0.29, 0.717) is 19.1 Å². The van der Waals surface area contributed by atoms with Crippen LogP contribution in [0.5, 0.6) is 0 Å². The van der Waals surface area contributed by atoms with E-state index in [1.54, 1.807) is 7.11 Å². The molecule has 1 saturated heterocycles. The second-order valence-electron chi connectivity index (χ2n) is 5.91. The number of benzene rings is 1. The summed E-state index contributed by atoms with van der Waals surface area (Å²) in [5.74, 6) is 0.851. The van der Waals surface area contributed by atoms with Crippen LogP contribution in [0.3, 0.4) is 0 Å². The number of carbonyl (C=O) groups excluding carboxylic acids is 1. The van der Waals surface area contributed by atoms with E-state index in [1.807, 2.05) is 29.2 Å². The summed E-state index contributed by atoms with van der Waals surface area (Å²) >= 11 is 0. The van der Waals surface area contributed by atoms with Gasteiger partial charge in [-0.2, -0.15) is 0 Å². The number of likely N-dealkylation sites (tertiary alicyclic amines) is 1. The van der Waals surface area contributed by atoms with Crippen molar-refractivity contribution in [3.05, 3.63) is 35.4 Å². The third-order valence-electron chi connectivity index (χ3n) is 4.62. The number of fused-ring (bicyclic) bond motifs is 1. The molecule has 2 aliphatic rings. The largest absolute Gasteiger partial charge is 0.393 e. The van der Waals surface area contributed by atoms with E-state index >= 15 is 0 Å². The molecule has 1 aromatic carbocycles. The van der Waals surface area contributed by atoms with Crippen molar-refractivity contribution >= 4 is 5.91 Å². The van der Waals surface area contributed by atoms with Gasteiger partial charge in [-0.25, -0.2) is 0 Å². The van der Waals surface area contributed by atoms with Gasteiger partial charge in [-0.05, 0) is 36.5 Å². The normalized spacial score (nSPS) is 28.7. The Morgan fingerprint density at radius 1 is 1.30 bits per heavy atom. The van der Waals surface area contributed by atoms with Gasteiger partial charge in [0.05, 0.1) is 12.7 Å². The Kier molecular flexibility index (Phi) is 3.76. The quantitative estimate of drug-likeness (QED) is 0.913. The average molecular weight is 275 g/mol. The zero-order valence-electron chi connectivity index (χ0n) is 11.8. The molecule has 108 valence electrons. The molecule has 4 nitrogen and oxygen atoms in total. The minimum absolute atomic E-state index is 0.0792. The van der Waals surface area contributed by atoms with Gasteiger partial charge in [0, 0.05) is 31.7 Å². The maximum absolute atomic E-state index is 12.5. The van der Waals surface area contributed by atoms with Gasteiger partial charge >= 0.3 is 0 Å². The first-order valence-corrected chi connectivity index (χ1v) is 7.24. The molecule has 1 aliphatic heterocycles. The van der Waals surface area contributed by atoms with Gasteiger partial charge in [-0.3, -0.25) is 4.79 Å². The van der Waals surface area contributed by atoms with Crippen molar-refractivity contribution in [3.8, 4) is 0 Å². The van der Waals surface area contributed by atoms with Crippen molar-refractivity contribution < 1.29 is 14.6 Å². The number of ether oxygens (including phenoxy) is 1. The molecule has 4 heteroatoms. The maximum atomic E-state index is 12.5. The first kappa shape index (κ1) is 13.6. The zero-order chi connectivity index (χ0) is 14.1. The van der Waals surface area contributed by atoms with Crippen LogP contribution in [0.15, 0.2) is 24.3 Å². The highest BCUT2D eigenvalue weighted by Gasteiger charge is 2.43. The number of rotatable bonds is 3. The Morgan fingerprint density at radius 2 is 2.05 bits per heavy atom. The molecule has 3 rings (SSSR count). The monoisotopic (exact) mass is 275 g/mol. The Hall–Kier alpha value is -1.39. The number of aliphatic hydroxyl groups excluding tert-OH is 1. The van der Waals surface area contributed by atoms with E-state index in [0.717, 1.165) is 30.5 Å². The molecule has 20 heavy (non-hydrogen) atoms. The molecular formula is C16H21NO3. The summed E-state index contributed by atoms with van der Waals surface area (Å²) in [5, 5.41) is 9.91. The minimum atomic E-state index is -0.220. The smallest absolute Gasteiger partial charge is 0.253 e. The summed E-state index contributed by atoms with van der Waals surface area (Å²) in [6.07, 6.45) is 1.72. The molecule has 0 bridgehead atoms. The topological polar surface area (TPSA) is 49.8 Å². The maximum Gasteiger partial charge on any atom is 0.253 e. The summed E-state index contributed by atoms with van der Waals surface area (Å²) in [7, 11) is 1.66. The van der Waals surface area contributed by atoms with Crippen molar-refractivity contribution in [1.29, 1.82) is 0 Å². The molecule has 0 aromatic heterocycles. The van der Waals surface area contributed by atoms with Gasteiger partial charge in [0.25, 0.3) is 5.91 Å². The van der Waals surface area contributed by atoms with Crippen molar-refractivity contribution in [2.24, 2.45) is 11.8 Å². The lowest BCUT2D eigenvalue weighted by atomic mass is 10.00. The van der Waals surface area contributed by atoms with Crippen LogP contribution in [0.4, 0.5) is 0 Å². The molecular weight excluding hydrogens is 254 g/mol. The molecule has 1 aromatic rings. The van der Waals surface area contributed by atoms with Crippen LogP contribution in [0, 0.1) is 11.8 Å². The molecule has 3 unspecified atom stereocenters. The van der Waals surface area contributed by atoms with Crippen LogP contribution >= 0.6 is 0 Å². The van der Waals surface area contributed by atoms with Crippen LogP contribution in [0.2, 0.25) is 0 Å². The Balaban J connectivity index is 1.67. The fraction of sp³-hybridized carbons (Fsp3) is 0.562. The summed E-state index contributed by atoms with van der Waals surface area (Å²) in [6.45, 7) is 2.05. The lowest BCUT2D eigenvalue weighted by molar-refractivity contribution is 0.0752. The van der Waals surface area contributed by atoms with Crippen molar-refractivity contribution in [1.82, 2.24) is 4.90 Å². The summed E-state index contributed by atoms with van der Waals surface area (Å²) in [5.41, 5.74) is 1.79. The van der Waals surface area contributed by atoms with Crippen molar-refractivity contribution in [3.63, 3.8) is 0 Å². The first-order valence-electron chi connectivity index (χ1n) is 7.24. The van der Waals surface area contributed by atoms with Crippen molar-refractivity contribution in [2.75, 3.05) is 20.2 Å². The number of aliphatic hydroxyl groups is 1. The molecule has 0 radical (unpaired) electrons. The number of methoxy groups -OCH3 is 1. The van der Waals surface area contributed by atoms with Crippen LogP contribution < -0.4 is 0 Å². The molecule has 3 atom stereocenters. The Labute approximate surface area is 119 Å². The molecule has 1 heterocycles. The van der Waals surface area contributed by atoms with Crippen molar-refractivity contribution in [2.45, 2.75) is 25.6 Å². The highest BCUT2D eigenvalue weighted by molar-refractivity contribution is 5.94. The Bertz CT molecular complexity index is 485. The Morgan fingerprint density at radius 3 is 2.70 bits per heavy atom. The number of amides is 1. The molecule has 1 saturated carbocycles. The molecule has 2 fully saturated rings. The van der Waals surface area contributed by atoms with E-state index < -0.39 is 0 Å². The van der Waals surface area contributed by atoms with E-state index in [4.69, 9.17) is 4.74 Å². The predicted octanol–water partition coefficient (Wildman–Crippen LogP) is 1.68. The van der Waals surface area contributed by atoms with E-state index in [9.17, 15) is 9.90 Å². The third kappa shape index (κ3) is 2.45. The van der Waals surface area contributed by atoms with Crippen LogP contribution in [-0.2, 0) is 11.3 Å². The SMILES string of the molecule is COCc1ccc(C(=O)N2CC3CCC(O)C3C2)cc1. The van der Waals surface area contributed by atoms with Gasteiger partial charge < -0.3 is 14.7 Å². The van der Waals surface area contributed by atoms with E-state index in [2.05, 4.69) is 0 Å². The molecule has 1 amide bonds. The predicted molar refractivity (Wildman–Crippen MR) is 75.3 cm³/mol. The molecule has 0 spiro atoms. The van der Waals surface area contributed by atoms with Gasteiger partial charge in [-0.15, -0.1) is 0 Å². The second kappa shape index (κ2) is 5.54. The molecule has 1 N–H and O–H groups in total. The van der Waals surface area contributed by atoms with E-state index in [1.165, 1.54) is 0 Å². The van der Waals surface area contributed by atoms with Gasteiger partial charge in [-0.1, -0.05) is 12.1 Å². The fourth-order valence-corrected chi connectivity index (χ4v) is 3.50. The second-order valence-corrected chi connectivity index (χ2v) is 5.91. The van der Waals surface area contributed by atoms with Crippen LogP contribution in [0.1, 0.15) is 28.8 Å². The minimum Gasteiger partial charge on any atom is -0.393 e. The van der Waals surface area contributed by atoms with Gasteiger partial charge in [0.15, 0.2) is 0 Å². The summed E-state index contributed by atoms with van der Waals surface area (Å²) in [6, 6.07) is 7.59. The summed E-state index contributed by atoms with van der Waals surface area (Å²) in [4.78, 5) is 14.4. The van der Waals surface area contributed by atoms with Crippen LogP contribution in [-0.4, -0.2) is 42.2 Å². The van der Waals surface area contributed by atoms with Gasteiger partial charge in [0.2, 0.25) is 0 Å². The number of hydrogen-bond donors (Lipinski definition) is 1. The average Bonchev–Trinajstić information content (AvgIpc) is 3.02. The number of carbonyl (C=O) groups is 1. The fourth-order valence-electron chi connectivity index (χ4n) is 3.50. The molecule has 1 aliphatic carbocycles. The number of hydrogen-bond acceptors (Lipinski definition) is 3.